The van der Waals surface area contributed by atoms with Gasteiger partial charge in [-0.1, -0.05) is 6.92 Å². The van der Waals surface area contributed by atoms with Gasteiger partial charge in [0.05, 0.1) is 6.54 Å². The Morgan fingerprint density at radius 2 is 2.18 bits per heavy atom. The lowest BCUT2D eigenvalue weighted by Gasteiger charge is -2.37. The van der Waals surface area contributed by atoms with Crippen LogP contribution in [0.5, 0.6) is 0 Å². The van der Waals surface area contributed by atoms with E-state index < -0.39 is 0 Å². The highest BCUT2D eigenvalue weighted by Gasteiger charge is 2.26. The maximum Gasteiger partial charge on any atom is 0.234 e. The number of likely N-dealkylation sites (tertiary alicyclic amines) is 1. The molecule has 1 aliphatic rings. The van der Waals surface area contributed by atoms with Gasteiger partial charge in [-0.2, -0.15) is 0 Å². The van der Waals surface area contributed by atoms with E-state index in [4.69, 9.17) is 5.73 Å². The molecule has 3 N–H and O–H groups in total. The summed E-state index contributed by atoms with van der Waals surface area (Å²) in [5.74, 6) is 0.848. The summed E-state index contributed by atoms with van der Waals surface area (Å²) in [7, 11) is 0. The summed E-state index contributed by atoms with van der Waals surface area (Å²) in [5, 5.41) is 2.92. The number of hydrogen-bond acceptors (Lipinski definition) is 3. The fraction of sp³-hybridized carbons (Fsp3) is 0.917. The number of carbonyl (C=O) groups excluding carboxylic acids is 1. The molecule has 0 aromatic carbocycles. The first kappa shape index (κ1) is 16.7. The van der Waals surface area contributed by atoms with Crippen molar-refractivity contribution < 1.29 is 4.79 Å². The molecule has 0 bridgehead atoms. The van der Waals surface area contributed by atoms with E-state index in [0.717, 1.165) is 18.9 Å². The molecule has 0 saturated carbocycles. The molecule has 0 radical (unpaired) electrons. The maximum atomic E-state index is 11.7. The van der Waals surface area contributed by atoms with Gasteiger partial charge in [-0.25, -0.2) is 0 Å². The van der Waals surface area contributed by atoms with E-state index >= 15 is 0 Å². The first-order chi connectivity index (χ1) is 7.52. The van der Waals surface area contributed by atoms with Crippen LogP contribution < -0.4 is 11.1 Å². The minimum absolute atomic E-state index is 0. The zero-order valence-corrected chi connectivity index (χ0v) is 11.9. The summed E-state index contributed by atoms with van der Waals surface area (Å²) in [6.07, 6.45) is 2.29. The van der Waals surface area contributed by atoms with Gasteiger partial charge in [0.1, 0.15) is 0 Å². The van der Waals surface area contributed by atoms with E-state index in [0.29, 0.717) is 19.1 Å². The van der Waals surface area contributed by atoms with Crippen molar-refractivity contribution in [3.8, 4) is 0 Å². The highest BCUT2D eigenvalue weighted by Crippen LogP contribution is 2.21. The van der Waals surface area contributed by atoms with Gasteiger partial charge in [0, 0.05) is 18.6 Å². The van der Waals surface area contributed by atoms with Gasteiger partial charge in [-0.05, 0) is 39.2 Å². The van der Waals surface area contributed by atoms with Crippen molar-refractivity contribution in [3.63, 3.8) is 0 Å². The Morgan fingerprint density at radius 3 is 2.71 bits per heavy atom. The third kappa shape index (κ3) is 5.70. The van der Waals surface area contributed by atoms with Gasteiger partial charge in [0.15, 0.2) is 0 Å². The van der Waals surface area contributed by atoms with Crippen LogP contribution in [0, 0.1) is 5.92 Å². The highest BCUT2D eigenvalue weighted by atomic mass is 35.5. The number of carbonyl (C=O) groups is 1. The quantitative estimate of drug-likeness (QED) is 0.795. The monoisotopic (exact) mass is 263 g/mol. The maximum absolute atomic E-state index is 11.7. The lowest BCUT2D eigenvalue weighted by molar-refractivity contribution is -0.123. The largest absolute Gasteiger partial charge is 0.353 e. The SMILES string of the molecule is CC1CCN(CC(=O)NC(C)C)C(CN)C1.Cl. The lowest BCUT2D eigenvalue weighted by atomic mass is 9.92. The summed E-state index contributed by atoms with van der Waals surface area (Å²) in [4.78, 5) is 13.9. The van der Waals surface area contributed by atoms with Crippen molar-refractivity contribution >= 4 is 18.3 Å². The van der Waals surface area contributed by atoms with E-state index in [1.807, 2.05) is 13.8 Å². The van der Waals surface area contributed by atoms with E-state index in [-0.39, 0.29) is 24.4 Å². The van der Waals surface area contributed by atoms with Crippen LogP contribution in [-0.4, -0.2) is 42.5 Å². The smallest absolute Gasteiger partial charge is 0.234 e. The van der Waals surface area contributed by atoms with Crippen molar-refractivity contribution in [3.05, 3.63) is 0 Å². The van der Waals surface area contributed by atoms with Gasteiger partial charge in [-0.3, -0.25) is 9.69 Å². The zero-order valence-electron chi connectivity index (χ0n) is 11.1. The predicted octanol–water partition coefficient (Wildman–Crippen LogP) is 0.992. The van der Waals surface area contributed by atoms with Crippen LogP contribution >= 0.6 is 12.4 Å². The van der Waals surface area contributed by atoms with E-state index in [2.05, 4.69) is 17.1 Å². The minimum atomic E-state index is 0. The first-order valence-corrected chi connectivity index (χ1v) is 6.26. The van der Waals surface area contributed by atoms with Crippen molar-refractivity contribution in [2.75, 3.05) is 19.6 Å². The van der Waals surface area contributed by atoms with E-state index in [1.54, 1.807) is 0 Å². The van der Waals surface area contributed by atoms with Crippen molar-refractivity contribution in [2.45, 2.75) is 45.7 Å². The normalized spacial score (nSPS) is 25.5. The second-order valence-corrected chi connectivity index (χ2v) is 5.21. The summed E-state index contributed by atoms with van der Waals surface area (Å²) in [6.45, 7) is 8.36. The molecule has 1 amide bonds. The summed E-state index contributed by atoms with van der Waals surface area (Å²) < 4.78 is 0. The summed E-state index contributed by atoms with van der Waals surface area (Å²) in [5.41, 5.74) is 5.76. The van der Waals surface area contributed by atoms with Crippen molar-refractivity contribution in [2.24, 2.45) is 11.7 Å². The van der Waals surface area contributed by atoms with Crippen LogP contribution in [0.1, 0.15) is 33.6 Å². The molecule has 1 heterocycles. The Hall–Kier alpha value is -0.320. The summed E-state index contributed by atoms with van der Waals surface area (Å²) >= 11 is 0. The molecule has 2 unspecified atom stereocenters. The number of rotatable bonds is 4. The molecule has 1 rings (SSSR count). The van der Waals surface area contributed by atoms with Gasteiger partial charge in [0.25, 0.3) is 0 Å². The molecule has 102 valence electrons. The lowest BCUT2D eigenvalue weighted by Crippen LogP contribution is -2.50. The summed E-state index contributed by atoms with van der Waals surface area (Å²) in [6, 6.07) is 0.592. The van der Waals surface area contributed by atoms with Gasteiger partial charge in [0.2, 0.25) is 5.91 Å². The molecule has 1 fully saturated rings. The minimum Gasteiger partial charge on any atom is -0.353 e. The number of piperidine rings is 1. The Kier molecular flexibility index (Phi) is 7.75. The molecule has 2 atom stereocenters. The molecule has 1 saturated heterocycles. The molecule has 0 aromatic rings. The molecule has 0 aliphatic carbocycles. The van der Waals surface area contributed by atoms with Gasteiger partial charge >= 0.3 is 0 Å². The Balaban J connectivity index is 0.00000256. The highest BCUT2D eigenvalue weighted by molar-refractivity contribution is 5.85. The third-order valence-corrected chi connectivity index (χ3v) is 3.17. The van der Waals surface area contributed by atoms with Crippen LogP contribution in [0.2, 0.25) is 0 Å². The van der Waals surface area contributed by atoms with Crippen LogP contribution in [-0.2, 0) is 4.79 Å². The zero-order chi connectivity index (χ0) is 12.1. The second kappa shape index (κ2) is 7.90. The number of nitrogens with two attached hydrogens (primary N) is 1. The first-order valence-electron chi connectivity index (χ1n) is 6.26. The van der Waals surface area contributed by atoms with Crippen LogP contribution in [0.4, 0.5) is 0 Å². The Bertz CT molecular complexity index is 236. The standard InChI is InChI=1S/C12H25N3O.ClH/c1-9(2)14-12(16)8-15-5-4-10(3)6-11(15)7-13;/h9-11H,4-8,13H2,1-3H3,(H,14,16);1H. The van der Waals surface area contributed by atoms with Gasteiger partial charge in [-0.15, -0.1) is 12.4 Å². The van der Waals surface area contributed by atoms with Crippen molar-refractivity contribution in [1.29, 1.82) is 0 Å². The number of nitrogens with one attached hydrogen (secondary N) is 1. The molecule has 5 heteroatoms. The number of amides is 1. The average molecular weight is 264 g/mol. The Labute approximate surface area is 111 Å². The molecular weight excluding hydrogens is 238 g/mol. The van der Waals surface area contributed by atoms with Crippen LogP contribution in [0.3, 0.4) is 0 Å². The molecule has 4 nitrogen and oxygen atoms in total. The van der Waals surface area contributed by atoms with Crippen LogP contribution in [0.25, 0.3) is 0 Å². The van der Waals surface area contributed by atoms with Crippen LogP contribution in [0.15, 0.2) is 0 Å². The number of halogens is 1. The topological polar surface area (TPSA) is 58.4 Å². The molecule has 17 heavy (non-hydrogen) atoms. The molecular formula is C12H26ClN3O. The fourth-order valence-corrected chi connectivity index (χ4v) is 2.31. The third-order valence-electron chi connectivity index (χ3n) is 3.17. The second-order valence-electron chi connectivity index (χ2n) is 5.21. The predicted molar refractivity (Wildman–Crippen MR) is 73.3 cm³/mol. The molecule has 1 aliphatic heterocycles. The fourth-order valence-electron chi connectivity index (χ4n) is 2.31. The number of hydrogen-bond donors (Lipinski definition) is 2. The number of nitrogens with zero attached hydrogens (tertiary/aromatic N) is 1. The Morgan fingerprint density at radius 1 is 1.53 bits per heavy atom. The van der Waals surface area contributed by atoms with Gasteiger partial charge < -0.3 is 11.1 Å². The van der Waals surface area contributed by atoms with E-state index in [9.17, 15) is 4.79 Å². The van der Waals surface area contributed by atoms with E-state index in [1.165, 1.54) is 6.42 Å². The molecule has 0 aromatic heterocycles. The van der Waals surface area contributed by atoms with Crippen molar-refractivity contribution in [1.82, 2.24) is 10.2 Å². The average Bonchev–Trinajstić information content (AvgIpc) is 2.19. The molecule has 0 spiro atoms.